The summed E-state index contributed by atoms with van der Waals surface area (Å²) in [4.78, 5) is 31.7. The van der Waals surface area contributed by atoms with Gasteiger partial charge in [0.1, 0.15) is 12.4 Å². The lowest BCUT2D eigenvalue weighted by Crippen LogP contribution is -2.15. The van der Waals surface area contributed by atoms with Gasteiger partial charge < -0.3 is 9.84 Å². The average Bonchev–Trinajstić information content (AvgIpc) is 2.44. The van der Waals surface area contributed by atoms with Crippen molar-refractivity contribution in [1.82, 2.24) is 0 Å². The van der Waals surface area contributed by atoms with Gasteiger partial charge in [-0.2, -0.15) is 0 Å². The molecule has 5 heteroatoms. The number of esters is 1. The van der Waals surface area contributed by atoms with Crippen LogP contribution in [0.25, 0.3) is 0 Å². The van der Waals surface area contributed by atoms with Crippen molar-refractivity contribution < 1.29 is 24.2 Å². The van der Waals surface area contributed by atoms with Crippen LogP contribution in [0.15, 0.2) is 0 Å². The molecule has 0 fully saturated rings. The SMILES string of the molecule is CCC(=O)C(C)CC.CCC(C)C(=O)OCCC(=O)O. The van der Waals surface area contributed by atoms with Gasteiger partial charge in [-0.1, -0.05) is 34.6 Å². The van der Waals surface area contributed by atoms with E-state index in [0.717, 1.165) is 6.42 Å². The van der Waals surface area contributed by atoms with Crippen LogP contribution in [0, 0.1) is 11.8 Å². The molecule has 0 saturated heterocycles. The first-order chi connectivity index (χ1) is 9.29. The van der Waals surface area contributed by atoms with Gasteiger partial charge in [0.05, 0.1) is 12.3 Å². The fourth-order valence-corrected chi connectivity index (χ4v) is 1.12. The minimum Gasteiger partial charge on any atom is -0.481 e. The molecule has 0 aromatic carbocycles. The maximum atomic E-state index is 10.9. The maximum absolute atomic E-state index is 10.9. The van der Waals surface area contributed by atoms with Crippen LogP contribution >= 0.6 is 0 Å². The average molecular weight is 288 g/mol. The molecule has 0 spiro atoms. The van der Waals surface area contributed by atoms with Gasteiger partial charge in [0.2, 0.25) is 0 Å². The van der Waals surface area contributed by atoms with E-state index < -0.39 is 5.97 Å². The molecule has 0 bridgehead atoms. The highest BCUT2D eigenvalue weighted by Crippen LogP contribution is 2.03. The van der Waals surface area contributed by atoms with Gasteiger partial charge in [-0.05, 0) is 12.8 Å². The topological polar surface area (TPSA) is 80.7 Å². The third kappa shape index (κ3) is 11.7. The summed E-state index contributed by atoms with van der Waals surface area (Å²) in [5.74, 6) is -0.753. The summed E-state index contributed by atoms with van der Waals surface area (Å²) < 4.78 is 4.69. The van der Waals surface area contributed by atoms with Crippen LogP contribution in [0.4, 0.5) is 0 Å². The van der Waals surface area contributed by atoms with E-state index in [-0.39, 0.29) is 30.8 Å². The molecule has 0 aromatic rings. The molecule has 0 aliphatic heterocycles. The van der Waals surface area contributed by atoms with Gasteiger partial charge in [-0.25, -0.2) is 0 Å². The quantitative estimate of drug-likeness (QED) is 0.694. The first-order valence-electron chi connectivity index (χ1n) is 7.21. The normalized spacial score (nSPS) is 12.7. The Kier molecular flexibility index (Phi) is 13.2. The van der Waals surface area contributed by atoms with Gasteiger partial charge in [-0.15, -0.1) is 0 Å². The number of ether oxygens (including phenoxy) is 1. The molecule has 0 aromatic heterocycles. The number of hydrogen-bond donors (Lipinski definition) is 1. The largest absolute Gasteiger partial charge is 0.481 e. The third-order valence-electron chi connectivity index (χ3n) is 3.09. The van der Waals surface area contributed by atoms with E-state index in [9.17, 15) is 14.4 Å². The van der Waals surface area contributed by atoms with Crippen LogP contribution in [0.5, 0.6) is 0 Å². The standard InChI is InChI=1S/C8H14O4.C7H14O/c1-3-6(2)8(11)12-5-4-7(9)10;1-4-6(3)7(8)5-2/h6H,3-5H2,1-2H3,(H,9,10);6H,4-5H2,1-3H3. The van der Waals surface area contributed by atoms with Crippen LogP contribution in [0.1, 0.15) is 60.3 Å². The summed E-state index contributed by atoms with van der Waals surface area (Å²) in [6.07, 6.45) is 2.26. The van der Waals surface area contributed by atoms with Gasteiger partial charge >= 0.3 is 11.9 Å². The van der Waals surface area contributed by atoms with Crippen molar-refractivity contribution in [3.05, 3.63) is 0 Å². The van der Waals surface area contributed by atoms with E-state index in [0.29, 0.717) is 18.6 Å². The second kappa shape index (κ2) is 12.6. The van der Waals surface area contributed by atoms with E-state index in [2.05, 4.69) is 4.74 Å². The van der Waals surface area contributed by atoms with Gasteiger partial charge in [0, 0.05) is 12.3 Å². The number of carbonyl (C=O) groups is 3. The second-order valence-electron chi connectivity index (χ2n) is 4.75. The highest BCUT2D eigenvalue weighted by atomic mass is 16.5. The fraction of sp³-hybridized carbons (Fsp3) is 0.800. The number of aliphatic carboxylic acids is 1. The third-order valence-corrected chi connectivity index (χ3v) is 3.09. The monoisotopic (exact) mass is 288 g/mol. The molecule has 0 aliphatic rings. The van der Waals surface area contributed by atoms with Gasteiger partial charge in [0.15, 0.2) is 0 Å². The molecule has 5 nitrogen and oxygen atoms in total. The minimum absolute atomic E-state index is 0.0293. The Morgan fingerprint density at radius 1 is 1.00 bits per heavy atom. The summed E-state index contributed by atoms with van der Waals surface area (Å²) in [5, 5.41) is 8.23. The number of hydrogen-bond acceptors (Lipinski definition) is 4. The lowest BCUT2D eigenvalue weighted by atomic mass is 10.0. The summed E-state index contributed by atoms with van der Waals surface area (Å²) in [5.41, 5.74) is 0. The van der Waals surface area contributed by atoms with Crippen molar-refractivity contribution in [3.8, 4) is 0 Å². The van der Waals surface area contributed by atoms with E-state index in [1.807, 2.05) is 27.7 Å². The molecule has 0 rings (SSSR count). The Balaban J connectivity index is 0. The number of carbonyl (C=O) groups excluding carboxylic acids is 2. The van der Waals surface area contributed by atoms with Crippen LogP contribution in [0.2, 0.25) is 0 Å². The molecule has 118 valence electrons. The summed E-state index contributed by atoms with van der Waals surface area (Å²) >= 11 is 0. The summed E-state index contributed by atoms with van der Waals surface area (Å²) in [6, 6.07) is 0. The first-order valence-corrected chi connectivity index (χ1v) is 7.21. The first kappa shape index (κ1) is 20.9. The van der Waals surface area contributed by atoms with E-state index in [1.54, 1.807) is 6.92 Å². The molecule has 0 aliphatic carbocycles. The van der Waals surface area contributed by atoms with Gasteiger partial charge in [-0.3, -0.25) is 14.4 Å². The van der Waals surface area contributed by atoms with Crippen molar-refractivity contribution in [3.63, 3.8) is 0 Å². The van der Waals surface area contributed by atoms with Crippen LogP contribution < -0.4 is 0 Å². The number of Topliss-reactive ketones (excluding diaryl/α,β-unsaturated/α-hetero) is 1. The highest BCUT2D eigenvalue weighted by molar-refractivity contribution is 5.80. The van der Waals surface area contributed by atoms with Crippen LogP contribution in [-0.2, 0) is 19.1 Å². The second-order valence-corrected chi connectivity index (χ2v) is 4.75. The highest BCUT2D eigenvalue weighted by Gasteiger charge is 2.11. The number of carboxylic acid groups (broad SMARTS) is 1. The number of ketones is 1. The molecule has 0 heterocycles. The smallest absolute Gasteiger partial charge is 0.308 e. The molecule has 0 amide bonds. The summed E-state index contributed by atoms with van der Waals surface area (Å²) in [6.45, 7) is 9.53. The van der Waals surface area contributed by atoms with Crippen LogP contribution in [0.3, 0.4) is 0 Å². The zero-order valence-corrected chi connectivity index (χ0v) is 13.3. The maximum Gasteiger partial charge on any atom is 0.308 e. The van der Waals surface area contributed by atoms with E-state index in [4.69, 9.17) is 5.11 Å². The van der Waals surface area contributed by atoms with Crippen molar-refractivity contribution in [1.29, 1.82) is 0 Å². The number of carboxylic acids is 1. The molecule has 0 saturated carbocycles. The van der Waals surface area contributed by atoms with Crippen molar-refractivity contribution in [2.24, 2.45) is 11.8 Å². The molecular weight excluding hydrogens is 260 g/mol. The molecule has 2 atom stereocenters. The zero-order valence-electron chi connectivity index (χ0n) is 13.3. The van der Waals surface area contributed by atoms with E-state index >= 15 is 0 Å². The molecular formula is C15H28O5. The fourth-order valence-electron chi connectivity index (χ4n) is 1.12. The van der Waals surface area contributed by atoms with Crippen molar-refractivity contribution in [2.45, 2.75) is 60.3 Å². The minimum atomic E-state index is -0.952. The summed E-state index contributed by atoms with van der Waals surface area (Å²) in [7, 11) is 0. The Hall–Kier alpha value is -1.39. The van der Waals surface area contributed by atoms with Crippen molar-refractivity contribution in [2.75, 3.05) is 6.61 Å². The Labute approximate surface area is 121 Å². The number of rotatable bonds is 8. The van der Waals surface area contributed by atoms with E-state index in [1.165, 1.54) is 0 Å². The lowest BCUT2D eigenvalue weighted by Gasteiger charge is -2.07. The molecule has 0 radical (unpaired) electrons. The Bertz CT molecular complexity index is 299. The molecule has 2 unspecified atom stereocenters. The van der Waals surface area contributed by atoms with Gasteiger partial charge in [0.25, 0.3) is 0 Å². The predicted molar refractivity (Wildman–Crippen MR) is 77.4 cm³/mol. The molecule has 1 N–H and O–H groups in total. The predicted octanol–water partition coefficient (Wildman–Crippen LogP) is 3.06. The molecule has 20 heavy (non-hydrogen) atoms. The zero-order chi connectivity index (χ0) is 16.1. The Morgan fingerprint density at radius 3 is 1.80 bits per heavy atom. The lowest BCUT2D eigenvalue weighted by molar-refractivity contribution is -0.150. The van der Waals surface area contributed by atoms with Crippen LogP contribution in [-0.4, -0.2) is 29.4 Å². The Morgan fingerprint density at radius 2 is 1.50 bits per heavy atom. The van der Waals surface area contributed by atoms with Crippen molar-refractivity contribution >= 4 is 17.7 Å².